The molecular weight excluding hydrogens is 276 g/mol. The van der Waals surface area contributed by atoms with Gasteiger partial charge in [0.1, 0.15) is 0 Å². The molecule has 1 N–H and O–H groups in total. The Kier molecular flexibility index (Phi) is 3.97. The lowest BCUT2D eigenvalue weighted by Crippen LogP contribution is -2.07. The summed E-state index contributed by atoms with van der Waals surface area (Å²) < 4.78 is 1.35. The molecule has 0 amide bonds. The zero-order valence-corrected chi connectivity index (χ0v) is 11.6. The average molecular weight is 290 g/mol. The normalized spacial score (nSPS) is 10.6. The van der Waals surface area contributed by atoms with Crippen molar-refractivity contribution in [3.63, 3.8) is 0 Å². The van der Waals surface area contributed by atoms with Crippen LogP contribution in [0.4, 0.5) is 5.69 Å². The molecule has 8 nitrogen and oxygen atoms in total. The monoisotopic (exact) mass is 290 g/mol. The second-order valence-electron chi connectivity index (χ2n) is 4.58. The van der Waals surface area contributed by atoms with E-state index in [9.17, 15) is 14.9 Å². The first-order valence-corrected chi connectivity index (χ1v) is 6.39. The lowest BCUT2D eigenvalue weighted by atomic mass is 10.1. The van der Waals surface area contributed by atoms with Crippen LogP contribution in [-0.2, 0) is 6.42 Å². The van der Waals surface area contributed by atoms with Crippen LogP contribution in [-0.4, -0.2) is 31.0 Å². The zero-order chi connectivity index (χ0) is 15.6. The van der Waals surface area contributed by atoms with Crippen molar-refractivity contribution in [3.8, 4) is 5.69 Å². The standard InChI is InChI=1S/C13H14N4O4/c1-3-4-10-12(13(18)19)14-15-16(10)9-6-5-8(2)11(7-9)17(20)21/h5-7H,3-4H2,1-2H3,(H,18,19). The predicted octanol–water partition coefficient (Wildman–Crippen LogP) is 2.13. The first-order valence-electron chi connectivity index (χ1n) is 6.39. The van der Waals surface area contributed by atoms with Crippen molar-refractivity contribution in [2.24, 2.45) is 0 Å². The maximum Gasteiger partial charge on any atom is 0.358 e. The lowest BCUT2D eigenvalue weighted by Gasteiger charge is -2.07. The van der Waals surface area contributed by atoms with Gasteiger partial charge in [-0.25, -0.2) is 9.48 Å². The Morgan fingerprint density at radius 3 is 2.76 bits per heavy atom. The van der Waals surface area contributed by atoms with Crippen molar-refractivity contribution in [1.29, 1.82) is 0 Å². The van der Waals surface area contributed by atoms with Gasteiger partial charge in [-0.05, 0) is 19.4 Å². The second kappa shape index (κ2) is 5.70. The maximum atomic E-state index is 11.1. The van der Waals surface area contributed by atoms with E-state index in [1.165, 1.54) is 10.7 Å². The van der Waals surface area contributed by atoms with Crippen molar-refractivity contribution < 1.29 is 14.8 Å². The first-order chi connectivity index (χ1) is 9.95. The number of aromatic nitrogens is 3. The molecule has 0 bridgehead atoms. The van der Waals surface area contributed by atoms with E-state index in [0.717, 1.165) is 0 Å². The number of hydrogen-bond acceptors (Lipinski definition) is 5. The fourth-order valence-electron chi connectivity index (χ4n) is 2.06. The van der Waals surface area contributed by atoms with Gasteiger partial charge in [-0.1, -0.05) is 24.6 Å². The summed E-state index contributed by atoms with van der Waals surface area (Å²) in [5.41, 5.74) is 1.22. The topological polar surface area (TPSA) is 111 Å². The molecule has 1 heterocycles. The van der Waals surface area contributed by atoms with Crippen LogP contribution >= 0.6 is 0 Å². The predicted molar refractivity (Wildman–Crippen MR) is 73.7 cm³/mol. The summed E-state index contributed by atoms with van der Waals surface area (Å²) in [6, 6.07) is 4.63. The molecule has 0 spiro atoms. The summed E-state index contributed by atoms with van der Waals surface area (Å²) in [7, 11) is 0. The molecular formula is C13H14N4O4. The molecule has 0 aliphatic carbocycles. The average Bonchev–Trinajstić information content (AvgIpc) is 2.83. The summed E-state index contributed by atoms with van der Waals surface area (Å²) in [6.45, 7) is 3.54. The Hall–Kier alpha value is -2.77. The van der Waals surface area contributed by atoms with Crippen LogP contribution in [0.25, 0.3) is 5.69 Å². The van der Waals surface area contributed by atoms with E-state index in [0.29, 0.717) is 29.8 Å². The molecule has 0 radical (unpaired) electrons. The summed E-state index contributed by atoms with van der Waals surface area (Å²) in [6.07, 6.45) is 1.18. The number of aryl methyl sites for hydroxylation is 1. The van der Waals surface area contributed by atoms with Gasteiger partial charge in [-0.2, -0.15) is 0 Å². The summed E-state index contributed by atoms with van der Waals surface area (Å²) in [5.74, 6) is -1.16. The first kappa shape index (κ1) is 14.6. The molecule has 0 fully saturated rings. The SMILES string of the molecule is CCCc1c(C(=O)O)nnn1-c1ccc(C)c([N+](=O)[O-])c1. The molecule has 1 aromatic heterocycles. The number of nitro benzene ring substituents is 1. The Labute approximate surface area is 120 Å². The third-order valence-corrected chi connectivity index (χ3v) is 3.09. The van der Waals surface area contributed by atoms with Gasteiger partial charge >= 0.3 is 5.97 Å². The molecule has 2 aromatic rings. The number of carbonyl (C=O) groups is 1. The number of nitrogens with zero attached hydrogens (tertiary/aromatic N) is 4. The van der Waals surface area contributed by atoms with E-state index < -0.39 is 10.9 Å². The molecule has 8 heteroatoms. The Morgan fingerprint density at radius 1 is 1.48 bits per heavy atom. The summed E-state index contributed by atoms with van der Waals surface area (Å²) >= 11 is 0. The van der Waals surface area contributed by atoms with Gasteiger partial charge in [0.25, 0.3) is 5.69 Å². The van der Waals surface area contributed by atoms with Crippen molar-refractivity contribution in [2.45, 2.75) is 26.7 Å². The van der Waals surface area contributed by atoms with E-state index in [-0.39, 0.29) is 11.4 Å². The Morgan fingerprint density at radius 2 is 2.19 bits per heavy atom. The number of aromatic carboxylic acids is 1. The van der Waals surface area contributed by atoms with E-state index in [4.69, 9.17) is 5.11 Å². The van der Waals surface area contributed by atoms with Gasteiger partial charge in [0.05, 0.1) is 16.3 Å². The van der Waals surface area contributed by atoms with Crippen LogP contribution in [0.2, 0.25) is 0 Å². The maximum absolute atomic E-state index is 11.1. The van der Waals surface area contributed by atoms with Gasteiger partial charge in [0.15, 0.2) is 5.69 Å². The lowest BCUT2D eigenvalue weighted by molar-refractivity contribution is -0.385. The number of carboxylic acid groups (broad SMARTS) is 1. The molecule has 0 unspecified atom stereocenters. The minimum absolute atomic E-state index is 0.0395. The fourth-order valence-corrected chi connectivity index (χ4v) is 2.06. The molecule has 0 atom stereocenters. The van der Waals surface area contributed by atoms with Crippen molar-refractivity contribution in [3.05, 3.63) is 45.3 Å². The minimum Gasteiger partial charge on any atom is -0.476 e. The fraction of sp³-hybridized carbons (Fsp3) is 0.308. The van der Waals surface area contributed by atoms with Crippen LogP contribution < -0.4 is 0 Å². The smallest absolute Gasteiger partial charge is 0.358 e. The molecule has 2 rings (SSSR count). The number of nitro groups is 1. The van der Waals surface area contributed by atoms with Gasteiger partial charge in [-0.3, -0.25) is 10.1 Å². The van der Waals surface area contributed by atoms with Crippen LogP contribution in [0.5, 0.6) is 0 Å². The van der Waals surface area contributed by atoms with Crippen LogP contribution in [0.3, 0.4) is 0 Å². The van der Waals surface area contributed by atoms with Crippen LogP contribution in [0.15, 0.2) is 18.2 Å². The van der Waals surface area contributed by atoms with Gasteiger partial charge < -0.3 is 5.11 Å². The molecule has 0 saturated heterocycles. The van der Waals surface area contributed by atoms with Crippen LogP contribution in [0.1, 0.15) is 35.1 Å². The quantitative estimate of drug-likeness (QED) is 0.667. The van der Waals surface area contributed by atoms with E-state index in [1.54, 1.807) is 19.1 Å². The highest BCUT2D eigenvalue weighted by Crippen LogP contribution is 2.23. The number of carboxylic acids is 1. The molecule has 1 aromatic carbocycles. The highest BCUT2D eigenvalue weighted by molar-refractivity contribution is 5.86. The van der Waals surface area contributed by atoms with Crippen molar-refractivity contribution >= 4 is 11.7 Å². The van der Waals surface area contributed by atoms with Crippen molar-refractivity contribution in [2.75, 3.05) is 0 Å². The highest BCUT2D eigenvalue weighted by Gasteiger charge is 2.20. The van der Waals surface area contributed by atoms with E-state index in [2.05, 4.69) is 10.3 Å². The molecule has 0 aliphatic heterocycles. The van der Waals surface area contributed by atoms with Gasteiger partial charge in [0, 0.05) is 11.6 Å². The zero-order valence-electron chi connectivity index (χ0n) is 11.6. The van der Waals surface area contributed by atoms with Gasteiger partial charge in [-0.15, -0.1) is 5.10 Å². The third kappa shape index (κ3) is 2.73. The van der Waals surface area contributed by atoms with E-state index in [1.807, 2.05) is 6.92 Å². The minimum atomic E-state index is -1.16. The van der Waals surface area contributed by atoms with Crippen molar-refractivity contribution in [1.82, 2.24) is 15.0 Å². The number of hydrogen-bond donors (Lipinski definition) is 1. The third-order valence-electron chi connectivity index (χ3n) is 3.09. The second-order valence-corrected chi connectivity index (χ2v) is 4.58. The molecule has 0 aliphatic rings. The Balaban J connectivity index is 2.59. The summed E-state index contributed by atoms with van der Waals surface area (Å²) in [5, 5.41) is 27.6. The van der Waals surface area contributed by atoms with E-state index >= 15 is 0 Å². The number of benzene rings is 1. The van der Waals surface area contributed by atoms with Gasteiger partial charge in [0.2, 0.25) is 0 Å². The van der Waals surface area contributed by atoms with Crippen LogP contribution in [0, 0.1) is 17.0 Å². The highest BCUT2D eigenvalue weighted by atomic mass is 16.6. The molecule has 21 heavy (non-hydrogen) atoms. The number of rotatable bonds is 5. The molecule has 110 valence electrons. The summed E-state index contributed by atoms with van der Waals surface area (Å²) in [4.78, 5) is 21.7. The Bertz CT molecular complexity index is 708. The largest absolute Gasteiger partial charge is 0.476 e. The molecule has 0 saturated carbocycles.